The number of hydrogen-bond acceptors (Lipinski definition) is 14. The molecule has 12 rings (SSSR count). The molecule has 0 saturated carbocycles. The molecule has 4 N–H and O–H groups in total. The van der Waals surface area contributed by atoms with E-state index in [1.54, 1.807) is 49.1 Å². The molecule has 0 atom stereocenters. The minimum atomic E-state index is -2.25. The van der Waals surface area contributed by atoms with Gasteiger partial charge in [-0.1, -0.05) is 173 Å². The predicted molar refractivity (Wildman–Crippen MR) is 410 cm³/mol. The summed E-state index contributed by atoms with van der Waals surface area (Å²) in [4.78, 5) is 27.5. The Labute approximate surface area is 600 Å². The van der Waals surface area contributed by atoms with Crippen LogP contribution >= 0.6 is 0 Å². The molecule has 101 heavy (non-hydrogen) atoms. The van der Waals surface area contributed by atoms with Crippen molar-refractivity contribution in [1.82, 2.24) is 0 Å². The fourth-order valence-electron chi connectivity index (χ4n) is 11.2. The van der Waals surface area contributed by atoms with Gasteiger partial charge < -0.3 is 40.0 Å². The summed E-state index contributed by atoms with van der Waals surface area (Å²) in [5, 5.41) is 42.9. The van der Waals surface area contributed by atoms with E-state index >= 15 is 0 Å². The number of aromatic hydroxyl groups is 4. The predicted octanol–water partition coefficient (Wildman–Crippen LogP) is 21.0. The van der Waals surface area contributed by atoms with Crippen LogP contribution in [0.2, 0.25) is 0 Å². The molecule has 0 bridgehead atoms. The number of phenols is 4. The number of aliphatic imine (C=N–C) groups is 4. The van der Waals surface area contributed by atoms with Crippen molar-refractivity contribution in [3.8, 4) is 23.0 Å². The number of nitrogens with zero attached hydrogens (tertiary/aromatic N) is 8. The molecule has 0 aliphatic rings. The SMILES string of the molecule is CC(C)(CN=Cc1cc(N(c2ccccc2)c2ccccc2)ccc1O)CN=Cc1cc(N(c2ccccc2)c2ccccc2)ccc1O.CC(C)(CN=Cc1cc(N(c2ccccc2)c2ccccc2)ccc1O)CN=Cc1cc(N(c2ccccc2)c2ccccc2)ccc1O.[O]=[W]=[O]. The first-order valence-electron chi connectivity index (χ1n) is 33.0. The van der Waals surface area contributed by atoms with Crippen molar-refractivity contribution in [2.75, 3.05) is 45.8 Å². The molecule has 0 radical (unpaired) electrons. The Bertz CT molecular complexity index is 3990. The van der Waals surface area contributed by atoms with Crippen LogP contribution in [0.25, 0.3) is 0 Å². The molecule has 0 aliphatic carbocycles. The Hall–Kier alpha value is -12.0. The number of benzene rings is 12. The number of phenolic OH excluding ortho intramolecular Hbond substituents is 4. The minimum absolute atomic E-state index is 0.166. The van der Waals surface area contributed by atoms with Gasteiger partial charge in [0, 0.05) is 152 Å². The normalized spacial score (nSPS) is 11.4. The van der Waals surface area contributed by atoms with E-state index < -0.39 is 18.5 Å². The second-order valence-electron chi connectivity index (χ2n) is 25.3. The fourth-order valence-corrected chi connectivity index (χ4v) is 11.2. The van der Waals surface area contributed by atoms with E-state index in [9.17, 15) is 20.4 Å². The van der Waals surface area contributed by atoms with E-state index in [4.69, 9.17) is 26.8 Å². The van der Waals surface area contributed by atoms with Gasteiger partial charge >= 0.3 is 25.3 Å². The van der Waals surface area contributed by atoms with Crippen molar-refractivity contribution in [3.63, 3.8) is 0 Å². The third-order valence-corrected chi connectivity index (χ3v) is 16.2. The first-order valence-corrected chi connectivity index (χ1v) is 35.4. The van der Waals surface area contributed by atoms with Gasteiger partial charge in [0.2, 0.25) is 0 Å². The van der Waals surface area contributed by atoms with Crippen LogP contribution in [0.1, 0.15) is 49.9 Å². The topological polar surface area (TPSA) is 177 Å². The molecule has 0 amide bonds. The third-order valence-electron chi connectivity index (χ3n) is 16.2. The second-order valence-corrected chi connectivity index (χ2v) is 25.8. The summed E-state index contributed by atoms with van der Waals surface area (Å²) in [6, 6.07) is 104. The van der Waals surface area contributed by atoms with Crippen molar-refractivity contribution in [2.45, 2.75) is 27.7 Å². The summed E-state index contributed by atoms with van der Waals surface area (Å²) in [5.41, 5.74) is 13.8. The standard InChI is InChI=1S/2C43H40N4O2.2O.W/c2*1-43(2,31-44-29-33-27-39(23-25-41(33)48)46(35-15-7-3-8-16-35)36-17-9-4-10-18-36)32-45-30-34-28-40(24-26-42(34)49)47(37-19-11-5-12-20-37)38-21-13-6-14-22-38;;;/h2*3-30,48-49H,31-32H2,1-2H3;;;. The Morgan fingerprint density at radius 3 is 0.554 bits per heavy atom. The zero-order valence-corrected chi connectivity index (χ0v) is 59.7. The van der Waals surface area contributed by atoms with Gasteiger partial charge in [-0.3, -0.25) is 20.0 Å². The fraction of sp³-hybridized carbons (Fsp3) is 0.116. The molecule has 0 aliphatic heterocycles. The molecule has 0 heterocycles. The Kier molecular flexibility index (Phi) is 25.2. The summed E-state index contributed by atoms with van der Waals surface area (Å²) < 4.78 is 17.1. The number of rotatable bonds is 24. The van der Waals surface area contributed by atoms with Crippen LogP contribution in [0.15, 0.2) is 335 Å². The van der Waals surface area contributed by atoms with Crippen LogP contribution in [0.5, 0.6) is 23.0 Å². The maximum absolute atomic E-state index is 10.7. The molecular formula is C86H80N8O6W. The van der Waals surface area contributed by atoms with Crippen molar-refractivity contribution in [1.29, 1.82) is 0 Å². The quantitative estimate of drug-likeness (QED) is 0.0426. The monoisotopic (exact) mass is 1500 g/mol. The van der Waals surface area contributed by atoms with Gasteiger partial charge in [0.05, 0.1) is 0 Å². The first kappa shape index (κ1) is 71.8. The average Bonchev–Trinajstić information content (AvgIpc) is 0.826. The molecule has 12 aromatic rings. The molecule has 0 aromatic heterocycles. The van der Waals surface area contributed by atoms with Crippen LogP contribution in [0, 0.1) is 10.8 Å². The third kappa shape index (κ3) is 20.1. The Morgan fingerprint density at radius 1 is 0.257 bits per heavy atom. The van der Waals surface area contributed by atoms with Gasteiger partial charge in [-0.2, -0.15) is 0 Å². The van der Waals surface area contributed by atoms with Crippen LogP contribution in [-0.4, -0.2) is 71.5 Å². The van der Waals surface area contributed by atoms with Gasteiger partial charge in [0.15, 0.2) is 0 Å². The van der Waals surface area contributed by atoms with Crippen LogP contribution in [0.4, 0.5) is 68.2 Å². The van der Waals surface area contributed by atoms with Gasteiger partial charge in [-0.25, -0.2) is 0 Å². The number of hydrogen-bond donors (Lipinski definition) is 4. The molecule has 12 aromatic carbocycles. The van der Waals surface area contributed by atoms with E-state index in [0.29, 0.717) is 48.4 Å². The molecule has 15 heteroatoms. The summed E-state index contributed by atoms with van der Waals surface area (Å²) in [7, 11) is 0. The van der Waals surface area contributed by atoms with Crippen molar-refractivity contribution < 1.29 is 45.7 Å². The van der Waals surface area contributed by atoms with Gasteiger partial charge in [0.25, 0.3) is 0 Å². The van der Waals surface area contributed by atoms with Gasteiger partial charge in [-0.15, -0.1) is 0 Å². The van der Waals surface area contributed by atoms with E-state index in [1.807, 2.05) is 194 Å². The number of anilines is 12. The molecule has 0 saturated heterocycles. The first-order chi connectivity index (χ1) is 49.2. The molecule has 0 unspecified atom stereocenters. The van der Waals surface area contributed by atoms with Crippen molar-refractivity contribution in [2.24, 2.45) is 30.8 Å². The molecular weight excluding hydrogens is 1420 g/mol. The second kappa shape index (κ2) is 35.5. The summed E-state index contributed by atoms with van der Waals surface area (Å²) in [6.07, 6.45) is 6.93. The van der Waals surface area contributed by atoms with Crippen LogP contribution < -0.4 is 19.6 Å². The van der Waals surface area contributed by atoms with Crippen molar-refractivity contribution >= 4 is 93.1 Å². The van der Waals surface area contributed by atoms with E-state index in [-0.39, 0.29) is 33.8 Å². The summed E-state index contributed by atoms with van der Waals surface area (Å²) in [5.74, 6) is 0.666. The maximum atomic E-state index is 10.7. The molecule has 14 nitrogen and oxygen atoms in total. The van der Waals surface area contributed by atoms with Gasteiger partial charge in [-0.05, 0) is 170 Å². The summed E-state index contributed by atoms with van der Waals surface area (Å²) >= 11 is -2.25. The number of para-hydroxylation sites is 8. The molecule has 0 fully saturated rings. The Balaban J connectivity index is 0.000000210. The average molecular weight is 1510 g/mol. The Morgan fingerprint density at radius 2 is 0.406 bits per heavy atom. The zero-order valence-electron chi connectivity index (χ0n) is 56.8. The van der Waals surface area contributed by atoms with Gasteiger partial charge in [0.1, 0.15) is 23.0 Å². The molecule has 506 valence electrons. The van der Waals surface area contributed by atoms with Crippen molar-refractivity contribution in [3.05, 3.63) is 338 Å². The zero-order chi connectivity index (χ0) is 70.8. The molecule has 0 spiro atoms. The summed E-state index contributed by atoms with van der Waals surface area (Å²) in [6.45, 7) is 10.4. The van der Waals surface area contributed by atoms with Crippen LogP contribution in [-0.2, 0) is 25.3 Å². The van der Waals surface area contributed by atoms with Crippen LogP contribution in [0.3, 0.4) is 0 Å². The van der Waals surface area contributed by atoms with E-state index in [0.717, 1.165) is 68.2 Å². The van der Waals surface area contributed by atoms with E-state index in [2.05, 4.69) is 144 Å². The van der Waals surface area contributed by atoms with E-state index in [1.165, 1.54) is 0 Å².